The molecule has 0 atom stereocenters. The predicted molar refractivity (Wildman–Crippen MR) is 141 cm³/mol. The van der Waals surface area contributed by atoms with Crippen LogP contribution in [0.3, 0.4) is 0 Å². The molecule has 37 heavy (non-hydrogen) atoms. The number of amides is 2. The summed E-state index contributed by atoms with van der Waals surface area (Å²) in [5.74, 6) is -0.154. The van der Waals surface area contributed by atoms with Gasteiger partial charge in [0.25, 0.3) is 5.91 Å². The molecule has 0 unspecified atom stereocenters. The molecule has 0 radical (unpaired) electrons. The van der Waals surface area contributed by atoms with Crippen LogP contribution >= 0.6 is 0 Å². The van der Waals surface area contributed by atoms with E-state index in [1.807, 2.05) is 37.3 Å². The molecule has 0 saturated carbocycles. The minimum Gasteiger partial charge on any atom is -0.496 e. The van der Waals surface area contributed by atoms with E-state index in [1.54, 1.807) is 47.1 Å². The third kappa shape index (κ3) is 6.22. The normalized spacial score (nSPS) is 10.7. The summed E-state index contributed by atoms with van der Waals surface area (Å²) in [5, 5.41) is 7.55. The number of aromatic nitrogens is 2. The monoisotopic (exact) mass is 500 g/mol. The number of hydrogen-bond acceptors (Lipinski definition) is 4. The van der Waals surface area contributed by atoms with Gasteiger partial charge in [0, 0.05) is 18.2 Å². The maximum absolute atomic E-state index is 13.6. The number of hydrogen-bond donors (Lipinski definition) is 1. The highest BCUT2D eigenvalue weighted by molar-refractivity contribution is 6.01. The number of unbranched alkanes of at least 4 members (excludes halogenated alkanes) is 1. The topological polar surface area (TPSA) is 76.5 Å². The lowest BCUT2D eigenvalue weighted by atomic mass is 10.1. The first-order valence-electron chi connectivity index (χ1n) is 12.1. The van der Waals surface area contributed by atoms with Crippen LogP contribution in [0.25, 0.3) is 16.9 Å². The van der Waals surface area contributed by atoms with Gasteiger partial charge in [-0.2, -0.15) is 5.10 Å². The second-order valence-electron chi connectivity index (χ2n) is 8.50. The van der Waals surface area contributed by atoms with Gasteiger partial charge in [-0.1, -0.05) is 55.8 Å². The first kappa shape index (κ1) is 25.6. The van der Waals surface area contributed by atoms with E-state index in [9.17, 15) is 14.0 Å². The minimum atomic E-state index is -0.373. The Balaban J connectivity index is 1.61. The number of halogens is 1. The molecule has 0 aliphatic heterocycles. The second-order valence-corrected chi connectivity index (χ2v) is 8.50. The Morgan fingerprint density at radius 3 is 2.41 bits per heavy atom. The van der Waals surface area contributed by atoms with Crippen LogP contribution in [0.4, 0.5) is 10.2 Å². The van der Waals surface area contributed by atoms with Gasteiger partial charge in [0.2, 0.25) is 5.91 Å². The molecule has 3 aromatic carbocycles. The van der Waals surface area contributed by atoms with Crippen molar-refractivity contribution in [2.45, 2.75) is 19.8 Å². The predicted octanol–water partition coefficient (Wildman–Crippen LogP) is 5.57. The van der Waals surface area contributed by atoms with Crippen molar-refractivity contribution in [1.29, 1.82) is 0 Å². The average Bonchev–Trinajstić information content (AvgIpc) is 3.35. The molecule has 0 aliphatic rings. The van der Waals surface area contributed by atoms with Crippen molar-refractivity contribution >= 4 is 17.6 Å². The third-order valence-electron chi connectivity index (χ3n) is 5.86. The van der Waals surface area contributed by atoms with E-state index in [-0.39, 0.29) is 24.2 Å². The van der Waals surface area contributed by atoms with Gasteiger partial charge in [-0.05, 0) is 42.8 Å². The first-order chi connectivity index (χ1) is 18.0. The molecule has 0 spiro atoms. The van der Waals surface area contributed by atoms with Gasteiger partial charge in [0.1, 0.15) is 23.9 Å². The van der Waals surface area contributed by atoms with Crippen molar-refractivity contribution in [3.05, 3.63) is 96.3 Å². The van der Waals surface area contributed by atoms with Crippen LogP contribution in [0.5, 0.6) is 5.75 Å². The summed E-state index contributed by atoms with van der Waals surface area (Å²) >= 11 is 0. The van der Waals surface area contributed by atoms with Crippen molar-refractivity contribution in [3.8, 4) is 22.7 Å². The Hall–Kier alpha value is -4.46. The number of rotatable bonds is 10. The van der Waals surface area contributed by atoms with Crippen molar-refractivity contribution in [2.24, 2.45) is 0 Å². The van der Waals surface area contributed by atoms with E-state index in [4.69, 9.17) is 4.74 Å². The summed E-state index contributed by atoms with van der Waals surface area (Å²) in [6.45, 7) is 2.30. The van der Waals surface area contributed by atoms with Crippen LogP contribution in [0.1, 0.15) is 30.1 Å². The largest absolute Gasteiger partial charge is 0.496 e. The van der Waals surface area contributed by atoms with Crippen LogP contribution in [-0.2, 0) is 4.79 Å². The van der Waals surface area contributed by atoms with E-state index in [2.05, 4.69) is 10.4 Å². The van der Waals surface area contributed by atoms with E-state index in [0.717, 1.165) is 18.4 Å². The number of carbonyl (C=O) groups is 2. The van der Waals surface area contributed by atoms with Gasteiger partial charge >= 0.3 is 0 Å². The van der Waals surface area contributed by atoms with E-state index >= 15 is 0 Å². The molecular weight excluding hydrogens is 471 g/mol. The molecule has 2 amide bonds. The van der Waals surface area contributed by atoms with Crippen LogP contribution in [0.15, 0.2) is 84.9 Å². The van der Waals surface area contributed by atoms with Crippen LogP contribution in [0.2, 0.25) is 0 Å². The molecule has 1 aromatic heterocycles. The summed E-state index contributed by atoms with van der Waals surface area (Å²) in [6, 6.07) is 24.1. The van der Waals surface area contributed by atoms with Crippen molar-refractivity contribution < 1.29 is 18.7 Å². The van der Waals surface area contributed by atoms with Crippen LogP contribution < -0.4 is 10.1 Å². The van der Waals surface area contributed by atoms with Gasteiger partial charge in [0.15, 0.2) is 0 Å². The zero-order chi connectivity index (χ0) is 26.2. The van der Waals surface area contributed by atoms with Gasteiger partial charge in [-0.3, -0.25) is 9.59 Å². The molecule has 0 aliphatic carbocycles. The zero-order valence-corrected chi connectivity index (χ0v) is 20.9. The average molecular weight is 501 g/mol. The number of benzene rings is 3. The Kier molecular flexibility index (Phi) is 8.30. The second kappa shape index (κ2) is 12.0. The Labute approximate surface area is 215 Å². The third-order valence-corrected chi connectivity index (χ3v) is 5.86. The molecule has 1 heterocycles. The summed E-state index contributed by atoms with van der Waals surface area (Å²) in [6.07, 6.45) is 1.62. The molecular formula is C29H29FN4O3. The molecule has 4 aromatic rings. The van der Waals surface area contributed by atoms with Crippen molar-refractivity contribution in [1.82, 2.24) is 14.7 Å². The molecule has 0 fully saturated rings. The quantitative estimate of drug-likeness (QED) is 0.309. The van der Waals surface area contributed by atoms with Crippen molar-refractivity contribution in [2.75, 3.05) is 25.5 Å². The summed E-state index contributed by atoms with van der Waals surface area (Å²) in [4.78, 5) is 28.1. The maximum atomic E-state index is 13.6. The Morgan fingerprint density at radius 2 is 1.70 bits per heavy atom. The molecule has 0 saturated heterocycles. The number of para-hydroxylation sites is 1. The summed E-state index contributed by atoms with van der Waals surface area (Å²) in [5.41, 5.74) is 2.51. The van der Waals surface area contributed by atoms with Gasteiger partial charge in [-0.25, -0.2) is 9.07 Å². The summed E-state index contributed by atoms with van der Waals surface area (Å²) < 4.78 is 20.5. The number of anilines is 1. The molecule has 8 heteroatoms. The fraction of sp³-hybridized carbons (Fsp3) is 0.207. The standard InChI is InChI=1S/C29H29FN4O3/c1-3-4-18-33(29(36)24-12-8-9-13-26(24)37-2)20-28(35)31-27-19-25(21-10-6-5-7-11-21)32-34(27)23-16-14-22(30)15-17-23/h5-17,19H,3-4,18,20H2,1-2H3,(H,31,35). The van der Waals surface area contributed by atoms with Gasteiger partial charge in [0.05, 0.1) is 24.1 Å². The van der Waals surface area contributed by atoms with E-state index < -0.39 is 0 Å². The highest BCUT2D eigenvalue weighted by Crippen LogP contribution is 2.25. The van der Waals surface area contributed by atoms with Crippen LogP contribution in [-0.4, -0.2) is 46.7 Å². The first-order valence-corrected chi connectivity index (χ1v) is 12.1. The number of carbonyl (C=O) groups excluding carboxylic acids is 2. The maximum Gasteiger partial charge on any atom is 0.258 e. The highest BCUT2D eigenvalue weighted by Gasteiger charge is 2.22. The zero-order valence-electron chi connectivity index (χ0n) is 20.9. The Bertz CT molecular complexity index is 1350. The van der Waals surface area contributed by atoms with Gasteiger partial charge in [-0.15, -0.1) is 0 Å². The van der Waals surface area contributed by atoms with Gasteiger partial charge < -0.3 is 15.0 Å². The molecule has 190 valence electrons. The molecule has 4 rings (SSSR count). The fourth-order valence-electron chi connectivity index (χ4n) is 3.95. The lowest BCUT2D eigenvalue weighted by Gasteiger charge is -2.23. The highest BCUT2D eigenvalue weighted by atomic mass is 19.1. The van der Waals surface area contributed by atoms with E-state index in [1.165, 1.54) is 24.1 Å². The molecule has 1 N–H and O–H groups in total. The number of nitrogens with one attached hydrogen (secondary N) is 1. The van der Waals surface area contributed by atoms with Crippen molar-refractivity contribution in [3.63, 3.8) is 0 Å². The number of ether oxygens (including phenoxy) is 1. The smallest absolute Gasteiger partial charge is 0.258 e. The summed E-state index contributed by atoms with van der Waals surface area (Å²) in [7, 11) is 1.51. The number of methoxy groups -OCH3 is 1. The lowest BCUT2D eigenvalue weighted by molar-refractivity contribution is -0.117. The van der Waals surface area contributed by atoms with Crippen LogP contribution in [0, 0.1) is 5.82 Å². The fourth-order valence-corrected chi connectivity index (χ4v) is 3.95. The van der Waals surface area contributed by atoms with E-state index in [0.29, 0.717) is 35.1 Å². The molecule has 7 nitrogen and oxygen atoms in total. The molecule has 0 bridgehead atoms. The minimum absolute atomic E-state index is 0.147. The lowest BCUT2D eigenvalue weighted by Crippen LogP contribution is -2.39. The number of nitrogens with zero attached hydrogens (tertiary/aromatic N) is 3. The Morgan fingerprint density at radius 1 is 1.00 bits per heavy atom. The SMILES string of the molecule is CCCCN(CC(=O)Nc1cc(-c2ccccc2)nn1-c1ccc(F)cc1)C(=O)c1ccccc1OC.